The molecule has 0 aromatic rings. The van der Waals surface area contributed by atoms with E-state index in [2.05, 4.69) is 24.1 Å². The second kappa shape index (κ2) is 9.19. The van der Waals surface area contributed by atoms with Crippen molar-refractivity contribution in [2.45, 2.75) is 39.2 Å². The third-order valence-electron chi connectivity index (χ3n) is 2.54. The molecule has 0 rings (SSSR count). The van der Waals surface area contributed by atoms with Gasteiger partial charge in [-0.25, -0.2) is 0 Å². The fourth-order valence-corrected chi connectivity index (χ4v) is 1.12. The van der Waals surface area contributed by atoms with Gasteiger partial charge in [-0.1, -0.05) is 13.0 Å². The van der Waals surface area contributed by atoms with Crippen LogP contribution in [-0.4, -0.2) is 37.7 Å². The van der Waals surface area contributed by atoms with Gasteiger partial charge in [-0.3, -0.25) is 4.79 Å². The highest BCUT2D eigenvalue weighted by molar-refractivity contribution is 5.78. The van der Waals surface area contributed by atoms with Crippen LogP contribution < -0.4 is 10.6 Å². The first-order valence-corrected chi connectivity index (χ1v) is 6.22. The number of ether oxygens (including phenoxy) is 1. The van der Waals surface area contributed by atoms with Crippen LogP contribution in [0.5, 0.6) is 0 Å². The SMILES string of the molecule is C=CCCOCCNCC(=O)NC(C)(C)CC. The molecule has 0 aromatic carbocycles. The van der Waals surface area contributed by atoms with Crippen molar-refractivity contribution in [1.29, 1.82) is 0 Å². The third-order valence-corrected chi connectivity index (χ3v) is 2.54. The summed E-state index contributed by atoms with van der Waals surface area (Å²) >= 11 is 0. The van der Waals surface area contributed by atoms with Gasteiger partial charge in [-0.05, 0) is 26.7 Å². The van der Waals surface area contributed by atoms with Gasteiger partial charge in [-0.15, -0.1) is 6.58 Å². The fourth-order valence-electron chi connectivity index (χ4n) is 1.12. The Labute approximate surface area is 105 Å². The van der Waals surface area contributed by atoms with E-state index in [0.29, 0.717) is 26.3 Å². The maximum atomic E-state index is 11.5. The molecule has 0 saturated carbocycles. The summed E-state index contributed by atoms with van der Waals surface area (Å²) < 4.78 is 5.31. The van der Waals surface area contributed by atoms with Crippen molar-refractivity contribution in [3.8, 4) is 0 Å². The van der Waals surface area contributed by atoms with Gasteiger partial charge in [0.1, 0.15) is 0 Å². The number of hydrogen-bond donors (Lipinski definition) is 2. The van der Waals surface area contributed by atoms with E-state index in [9.17, 15) is 4.79 Å². The predicted octanol–water partition coefficient (Wildman–Crippen LogP) is 1.47. The lowest BCUT2D eigenvalue weighted by Crippen LogP contribution is -2.46. The van der Waals surface area contributed by atoms with E-state index < -0.39 is 0 Å². The predicted molar refractivity (Wildman–Crippen MR) is 71.0 cm³/mol. The largest absolute Gasteiger partial charge is 0.380 e. The summed E-state index contributed by atoms with van der Waals surface area (Å²) in [4.78, 5) is 11.5. The average molecular weight is 242 g/mol. The number of rotatable bonds is 10. The quantitative estimate of drug-likeness (QED) is 0.450. The molecule has 0 radical (unpaired) electrons. The molecule has 0 unspecified atom stereocenters. The molecule has 0 aliphatic carbocycles. The Hall–Kier alpha value is -0.870. The van der Waals surface area contributed by atoms with Gasteiger partial charge in [0.25, 0.3) is 0 Å². The topological polar surface area (TPSA) is 50.4 Å². The van der Waals surface area contributed by atoms with Gasteiger partial charge in [0.2, 0.25) is 5.91 Å². The summed E-state index contributed by atoms with van der Waals surface area (Å²) in [5.74, 6) is 0.0305. The monoisotopic (exact) mass is 242 g/mol. The minimum Gasteiger partial charge on any atom is -0.380 e. The van der Waals surface area contributed by atoms with Crippen LogP contribution in [0.3, 0.4) is 0 Å². The summed E-state index contributed by atoms with van der Waals surface area (Å²) in [6.07, 6.45) is 3.61. The van der Waals surface area contributed by atoms with Crippen LogP contribution in [-0.2, 0) is 9.53 Å². The summed E-state index contributed by atoms with van der Waals surface area (Å²) in [5, 5.41) is 6.01. The molecule has 4 heteroatoms. The molecule has 1 amide bonds. The van der Waals surface area contributed by atoms with E-state index in [4.69, 9.17) is 4.74 Å². The smallest absolute Gasteiger partial charge is 0.234 e. The van der Waals surface area contributed by atoms with Crippen molar-refractivity contribution >= 4 is 5.91 Å². The Morgan fingerprint density at radius 3 is 2.71 bits per heavy atom. The highest BCUT2D eigenvalue weighted by Gasteiger charge is 2.16. The Morgan fingerprint density at radius 2 is 2.12 bits per heavy atom. The lowest BCUT2D eigenvalue weighted by molar-refractivity contribution is -0.121. The molecular weight excluding hydrogens is 216 g/mol. The van der Waals surface area contributed by atoms with Gasteiger partial charge >= 0.3 is 0 Å². The maximum absolute atomic E-state index is 11.5. The first-order chi connectivity index (χ1) is 8.02. The van der Waals surface area contributed by atoms with Crippen molar-refractivity contribution in [3.05, 3.63) is 12.7 Å². The first kappa shape index (κ1) is 16.1. The summed E-state index contributed by atoms with van der Waals surface area (Å²) in [7, 11) is 0. The van der Waals surface area contributed by atoms with Crippen molar-refractivity contribution in [3.63, 3.8) is 0 Å². The van der Waals surface area contributed by atoms with Crippen molar-refractivity contribution in [2.75, 3.05) is 26.3 Å². The molecule has 100 valence electrons. The number of carbonyl (C=O) groups excluding carboxylic acids is 1. The van der Waals surface area contributed by atoms with Crippen LogP contribution in [0.4, 0.5) is 0 Å². The second-order valence-corrected chi connectivity index (χ2v) is 4.65. The van der Waals surface area contributed by atoms with Crippen molar-refractivity contribution in [2.24, 2.45) is 0 Å². The molecule has 2 N–H and O–H groups in total. The highest BCUT2D eigenvalue weighted by Crippen LogP contribution is 2.05. The minimum atomic E-state index is -0.126. The molecule has 0 bridgehead atoms. The van der Waals surface area contributed by atoms with Gasteiger partial charge in [0.05, 0.1) is 19.8 Å². The van der Waals surface area contributed by atoms with E-state index in [1.807, 2.05) is 19.9 Å². The molecule has 0 atom stereocenters. The number of amides is 1. The molecule has 0 aliphatic heterocycles. The molecule has 0 aromatic heterocycles. The van der Waals surface area contributed by atoms with Crippen molar-refractivity contribution < 1.29 is 9.53 Å². The molecule has 0 fully saturated rings. The Morgan fingerprint density at radius 1 is 1.41 bits per heavy atom. The standard InChI is InChI=1S/C13H26N2O2/c1-5-7-9-17-10-8-14-11-12(16)15-13(3,4)6-2/h5,14H,1,6-11H2,2-4H3,(H,15,16). The molecule has 0 spiro atoms. The zero-order chi connectivity index (χ0) is 13.1. The fraction of sp³-hybridized carbons (Fsp3) is 0.769. The first-order valence-electron chi connectivity index (χ1n) is 6.22. The van der Waals surface area contributed by atoms with Gasteiger partial charge < -0.3 is 15.4 Å². The van der Waals surface area contributed by atoms with Crippen LogP contribution in [0.15, 0.2) is 12.7 Å². The number of nitrogens with one attached hydrogen (secondary N) is 2. The molecule has 17 heavy (non-hydrogen) atoms. The average Bonchev–Trinajstić information content (AvgIpc) is 2.27. The van der Waals surface area contributed by atoms with E-state index in [1.165, 1.54) is 0 Å². The number of carbonyl (C=O) groups is 1. The lowest BCUT2D eigenvalue weighted by Gasteiger charge is -2.24. The Kier molecular flexibility index (Phi) is 8.72. The van der Waals surface area contributed by atoms with Gasteiger partial charge in [0.15, 0.2) is 0 Å². The third kappa shape index (κ3) is 10.0. The normalized spacial score (nSPS) is 11.2. The van der Waals surface area contributed by atoms with Crippen LogP contribution in [0.25, 0.3) is 0 Å². The summed E-state index contributed by atoms with van der Waals surface area (Å²) in [6.45, 7) is 12.1. The minimum absolute atomic E-state index is 0.0305. The molecular formula is C13H26N2O2. The molecule has 0 aliphatic rings. The van der Waals surface area contributed by atoms with Crippen molar-refractivity contribution in [1.82, 2.24) is 10.6 Å². The zero-order valence-electron chi connectivity index (χ0n) is 11.3. The molecule has 4 nitrogen and oxygen atoms in total. The van der Waals surface area contributed by atoms with Crippen LogP contribution in [0.2, 0.25) is 0 Å². The molecule has 0 saturated heterocycles. The Balaban J connectivity index is 3.42. The van der Waals surface area contributed by atoms with Gasteiger partial charge in [-0.2, -0.15) is 0 Å². The maximum Gasteiger partial charge on any atom is 0.234 e. The van der Waals surface area contributed by atoms with E-state index in [0.717, 1.165) is 12.8 Å². The lowest BCUT2D eigenvalue weighted by atomic mass is 10.0. The second-order valence-electron chi connectivity index (χ2n) is 4.65. The summed E-state index contributed by atoms with van der Waals surface area (Å²) in [5.41, 5.74) is -0.126. The van der Waals surface area contributed by atoms with Crippen LogP contribution >= 0.6 is 0 Å². The van der Waals surface area contributed by atoms with E-state index in [-0.39, 0.29) is 11.4 Å². The van der Waals surface area contributed by atoms with Crippen LogP contribution in [0, 0.1) is 0 Å². The van der Waals surface area contributed by atoms with E-state index >= 15 is 0 Å². The van der Waals surface area contributed by atoms with Gasteiger partial charge in [0, 0.05) is 12.1 Å². The molecule has 0 heterocycles. The van der Waals surface area contributed by atoms with E-state index in [1.54, 1.807) is 0 Å². The zero-order valence-corrected chi connectivity index (χ0v) is 11.3. The Bertz CT molecular complexity index is 227. The summed E-state index contributed by atoms with van der Waals surface area (Å²) in [6, 6.07) is 0. The number of hydrogen-bond acceptors (Lipinski definition) is 3. The van der Waals surface area contributed by atoms with Crippen LogP contribution in [0.1, 0.15) is 33.6 Å². The highest BCUT2D eigenvalue weighted by atomic mass is 16.5.